The lowest BCUT2D eigenvalue weighted by Crippen LogP contribution is -2.43. The Hall–Kier alpha value is -1.78. The van der Waals surface area contributed by atoms with Crippen molar-refractivity contribution in [3.8, 4) is 16.9 Å². The molecule has 4 rings (SSSR count). The third-order valence-corrected chi connectivity index (χ3v) is 6.23. The molecule has 146 valence electrons. The second kappa shape index (κ2) is 8.30. The Balaban J connectivity index is 1.80. The monoisotopic (exact) mass is 413 g/mol. The number of hydrogen-bond acceptors (Lipinski definition) is 2. The van der Waals surface area contributed by atoms with Crippen LogP contribution in [0.4, 0.5) is 0 Å². The molecule has 3 aromatic rings. The van der Waals surface area contributed by atoms with Crippen LogP contribution in [-0.4, -0.2) is 47.6 Å². The van der Waals surface area contributed by atoms with Gasteiger partial charge in [0.2, 0.25) is 0 Å². The van der Waals surface area contributed by atoms with Crippen molar-refractivity contribution in [2.24, 2.45) is 0 Å². The second-order valence-electron chi connectivity index (χ2n) is 7.49. The average molecular weight is 414 g/mol. The first-order valence-electron chi connectivity index (χ1n) is 9.66. The molecule has 0 aliphatic carbocycles. The Labute approximate surface area is 177 Å². The summed E-state index contributed by atoms with van der Waals surface area (Å²) < 4.78 is 2.24. The van der Waals surface area contributed by atoms with Crippen LogP contribution in [0.2, 0.25) is 10.0 Å². The van der Waals surface area contributed by atoms with Crippen molar-refractivity contribution in [3.05, 3.63) is 75.9 Å². The van der Waals surface area contributed by atoms with E-state index in [1.807, 2.05) is 36.4 Å². The Morgan fingerprint density at radius 2 is 1.50 bits per heavy atom. The van der Waals surface area contributed by atoms with E-state index in [1.54, 1.807) is 0 Å². The highest BCUT2D eigenvalue weighted by Crippen LogP contribution is 2.36. The van der Waals surface area contributed by atoms with Gasteiger partial charge >= 0.3 is 0 Å². The Kier molecular flexibility index (Phi) is 5.79. The number of aromatic nitrogens is 1. The van der Waals surface area contributed by atoms with E-state index in [1.165, 1.54) is 11.3 Å². The summed E-state index contributed by atoms with van der Waals surface area (Å²) in [7, 11) is 2.19. The Bertz CT molecular complexity index is 972. The number of para-hydroxylation sites is 1. The van der Waals surface area contributed by atoms with Gasteiger partial charge in [-0.05, 0) is 43.8 Å². The van der Waals surface area contributed by atoms with E-state index >= 15 is 0 Å². The molecule has 0 amide bonds. The van der Waals surface area contributed by atoms with Crippen molar-refractivity contribution in [1.82, 2.24) is 14.4 Å². The van der Waals surface area contributed by atoms with Gasteiger partial charge in [-0.1, -0.05) is 53.5 Å². The molecule has 2 heterocycles. The van der Waals surface area contributed by atoms with Crippen molar-refractivity contribution in [2.45, 2.75) is 13.5 Å². The molecule has 1 saturated heterocycles. The van der Waals surface area contributed by atoms with E-state index in [0.717, 1.165) is 59.7 Å². The summed E-state index contributed by atoms with van der Waals surface area (Å²) in [6, 6.07) is 18.3. The van der Waals surface area contributed by atoms with Crippen molar-refractivity contribution in [2.75, 3.05) is 33.2 Å². The van der Waals surface area contributed by atoms with Crippen LogP contribution < -0.4 is 0 Å². The summed E-state index contributed by atoms with van der Waals surface area (Å²) in [5.41, 5.74) is 5.62. The number of benzene rings is 2. The number of rotatable bonds is 4. The minimum Gasteiger partial charge on any atom is -0.312 e. The quantitative estimate of drug-likeness (QED) is 0.558. The second-order valence-corrected chi connectivity index (χ2v) is 8.30. The van der Waals surface area contributed by atoms with Crippen LogP contribution in [0.1, 0.15) is 11.3 Å². The zero-order valence-corrected chi connectivity index (χ0v) is 17.8. The van der Waals surface area contributed by atoms with Gasteiger partial charge in [-0.2, -0.15) is 0 Å². The molecule has 28 heavy (non-hydrogen) atoms. The van der Waals surface area contributed by atoms with Gasteiger partial charge < -0.3 is 9.47 Å². The summed E-state index contributed by atoms with van der Waals surface area (Å²) in [5.74, 6) is 0. The van der Waals surface area contributed by atoms with E-state index in [9.17, 15) is 0 Å². The molecule has 0 spiro atoms. The first-order chi connectivity index (χ1) is 13.5. The third kappa shape index (κ3) is 3.85. The van der Waals surface area contributed by atoms with E-state index < -0.39 is 0 Å². The lowest BCUT2D eigenvalue weighted by molar-refractivity contribution is 0.148. The summed E-state index contributed by atoms with van der Waals surface area (Å²) in [5, 5.41) is 1.49. The zero-order chi connectivity index (χ0) is 19.7. The molecule has 0 N–H and O–H groups in total. The van der Waals surface area contributed by atoms with Gasteiger partial charge in [-0.25, -0.2) is 0 Å². The lowest BCUT2D eigenvalue weighted by Gasteiger charge is -2.32. The topological polar surface area (TPSA) is 11.4 Å². The molecule has 0 atom stereocenters. The van der Waals surface area contributed by atoms with Crippen LogP contribution in [0, 0.1) is 6.92 Å². The fourth-order valence-electron chi connectivity index (χ4n) is 3.88. The Morgan fingerprint density at radius 1 is 0.857 bits per heavy atom. The molecule has 0 unspecified atom stereocenters. The molecule has 1 aliphatic rings. The third-order valence-electron chi connectivity index (χ3n) is 5.58. The number of nitrogens with zero attached hydrogens (tertiary/aromatic N) is 3. The molecule has 0 saturated carbocycles. The lowest BCUT2D eigenvalue weighted by atomic mass is 10.1. The van der Waals surface area contributed by atoms with Crippen LogP contribution >= 0.6 is 23.2 Å². The van der Waals surface area contributed by atoms with Gasteiger partial charge in [0.25, 0.3) is 0 Å². The SMILES string of the molecule is Cc1c(CN2CCN(C)CC2)cc(-c2ccccc2Cl)n1-c1ccccc1Cl. The van der Waals surface area contributed by atoms with Crippen LogP contribution in [0.25, 0.3) is 16.9 Å². The molecular weight excluding hydrogens is 389 g/mol. The van der Waals surface area contributed by atoms with Gasteiger partial charge in [0, 0.05) is 49.0 Å². The number of piperazine rings is 1. The van der Waals surface area contributed by atoms with Gasteiger partial charge in [-0.15, -0.1) is 0 Å². The van der Waals surface area contributed by atoms with Crippen LogP contribution in [0.3, 0.4) is 0 Å². The summed E-state index contributed by atoms with van der Waals surface area (Å²) in [6.07, 6.45) is 0. The highest BCUT2D eigenvalue weighted by Gasteiger charge is 2.21. The maximum Gasteiger partial charge on any atom is 0.0646 e. The first-order valence-corrected chi connectivity index (χ1v) is 10.4. The predicted molar refractivity (Wildman–Crippen MR) is 119 cm³/mol. The molecule has 0 bridgehead atoms. The maximum absolute atomic E-state index is 6.58. The Morgan fingerprint density at radius 3 is 2.18 bits per heavy atom. The van der Waals surface area contributed by atoms with Crippen molar-refractivity contribution in [3.63, 3.8) is 0 Å². The number of likely N-dealkylation sites (N-methyl/N-ethyl adjacent to an activating group) is 1. The minimum atomic E-state index is 0.737. The minimum absolute atomic E-state index is 0.737. The predicted octanol–water partition coefficient (Wildman–Crippen LogP) is 5.51. The van der Waals surface area contributed by atoms with Crippen molar-refractivity contribution >= 4 is 23.2 Å². The van der Waals surface area contributed by atoms with Crippen LogP contribution in [0.15, 0.2) is 54.6 Å². The highest BCUT2D eigenvalue weighted by atomic mass is 35.5. The zero-order valence-electron chi connectivity index (χ0n) is 16.3. The average Bonchev–Trinajstić information content (AvgIpc) is 3.00. The van der Waals surface area contributed by atoms with Gasteiger partial charge in [-0.3, -0.25) is 4.90 Å². The molecule has 5 heteroatoms. The van der Waals surface area contributed by atoms with Gasteiger partial charge in [0.1, 0.15) is 0 Å². The molecule has 1 aromatic heterocycles. The van der Waals surface area contributed by atoms with E-state index in [2.05, 4.69) is 46.5 Å². The standard InChI is InChI=1S/C23H25Cl2N3/c1-17-18(16-27-13-11-26(2)12-14-27)15-23(19-7-3-4-8-20(19)24)28(17)22-10-6-5-9-21(22)25/h3-10,15H,11-14,16H2,1-2H3. The summed E-state index contributed by atoms with van der Waals surface area (Å²) in [4.78, 5) is 4.91. The van der Waals surface area contributed by atoms with Gasteiger partial charge in [0.15, 0.2) is 0 Å². The fourth-order valence-corrected chi connectivity index (χ4v) is 4.33. The number of hydrogen-bond donors (Lipinski definition) is 0. The van der Waals surface area contributed by atoms with Gasteiger partial charge in [0.05, 0.1) is 16.4 Å². The highest BCUT2D eigenvalue weighted by molar-refractivity contribution is 6.33. The van der Waals surface area contributed by atoms with E-state index in [0.29, 0.717) is 0 Å². The van der Waals surface area contributed by atoms with Crippen molar-refractivity contribution in [1.29, 1.82) is 0 Å². The van der Waals surface area contributed by atoms with E-state index in [4.69, 9.17) is 23.2 Å². The smallest absolute Gasteiger partial charge is 0.0646 e. The summed E-state index contributed by atoms with van der Waals surface area (Å²) >= 11 is 13.1. The maximum atomic E-state index is 6.58. The molecule has 3 nitrogen and oxygen atoms in total. The first kappa shape index (κ1) is 19.5. The summed E-state index contributed by atoms with van der Waals surface area (Å²) in [6.45, 7) is 7.52. The largest absolute Gasteiger partial charge is 0.312 e. The number of halogens is 2. The molecular formula is C23H25Cl2N3. The van der Waals surface area contributed by atoms with Crippen molar-refractivity contribution < 1.29 is 0 Å². The molecule has 1 aliphatic heterocycles. The molecule has 2 aromatic carbocycles. The van der Waals surface area contributed by atoms with Crippen LogP contribution in [0.5, 0.6) is 0 Å². The fraction of sp³-hybridized carbons (Fsp3) is 0.304. The van der Waals surface area contributed by atoms with E-state index in [-0.39, 0.29) is 0 Å². The molecule has 1 fully saturated rings. The van der Waals surface area contributed by atoms with Crippen LogP contribution in [-0.2, 0) is 6.54 Å². The molecule has 0 radical (unpaired) electrons. The normalized spacial score (nSPS) is 15.9.